The summed E-state index contributed by atoms with van der Waals surface area (Å²) < 4.78 is 5.55. The van der Waals surface area contributed by atoms with Gasteiger partial charge in [-0.05, 0) is 29.2 Å². The van der Waals surface area contributed by atoms with Crippen LogP contribution in [0.3, 0.4) is 0 Å². The predicted molar refractivity (Wildman–Crippen MR) is 97.9 cm³/mol. The van der Waals surface area contributed by atoms with Crippen molar-refractivity contribution in [3.8, 4) is 11.1 Å². The zero-order valence-electron chi connectivity index (χ0n) is 14.9. The highest BCUT2D eigenvalue weighted by Gasteiger charge is 2.26. The highest BCUT2D eigenvalue weighted by Crippen LogP contribution is 2.35. The topological polar surface area (TPSA) is 42.2 Å². The molecule has 0 saturated carbocycles. The molecule has 128 valence electrons. The van der Waals surface area contributed by atoms with Crippen molar-refractivity contribution >= 4 is 0 Å². The number of hydrogen-bond donors (Lipinski definition) is 0. The third kappa shape index (κ3) is 2.98. The maximum Gasteiger partial charge on any atom is 0.243 e. The first kappa shape index (κ1) is 16.0. The van der Waals surface area contributed by atoms with Gasteiger partial charge in [-0.3, -0.25) is 4.90 Å². The summed E-state index contributed by atoms with van der Waals surface area (Å²) in [7, 11) is 0. The lowest BCUT2D eigenvalue weighted by Gasteiger charge is -2.25. The maximum absolute atomic E-state index is 5.55. The summed E-state index contributed by atoms with van der Waals surface area (Å²) in [5.74, 6) is 1.74. The summed E-state index contributed by atoms with van der Waals surface area (Å²) in [6.45, 7) is 8.04. The number of aromatic nitrogens is 2. The molecule has 0 amide bonds. The van der Waals surface area contributed by atoms with Crippen molar-refractivity contribution in [2.45, 2.75) is 45.8 Å². The highest BCUT2D eigenvalue weighted by atomic mass is 16.5. The number of benzene rings is 2. The lowest BCUT2D eigenvalue weighted by Crippen LogP contribution is -2.25. The second kappa shape index (κ2) is 6.45. The van der Waals surface area contributed by atoms with Crippen LogP contribution in [0.1, 0.15) is 55.6 Å². The molecule has 3 aromatic rings. The number of fused-ring (bicyclic) bond motifs is 3. The second-order valence-electron chi connectivity index (χ2n) is 7.04. The average Bonchev–Trinajstić information content (AvgIpc) is 3.05. The van der Waals surface area contributed by atoms with Crippen LogP contribution < -0.4 is 0 Å². The first-order valence-corrected chi connectivity index (χ1v) is 8.87. The molecule has 1 atom stereocenters. The summed E-state index contributed by atoms with van der Waals surface area (Å²) in [5, 5.41) is 4.13. The van der Waals surface area contributed by atoms with Gasteiger partial charge in [-0.25, -0.2) is 0 Å². The molecule has 4 rings (SSSR count). The molecule has 1 aliphatic rings. The van der Waals surface area contributed by atoms with Crippen LogP contribution in [0.25, 0.3) is 11.1 Å². The minimum absolute atomic E-state index is 0.0687. The molecule has 1 aliphatic heterocycles. The Morgan fingerprint density at radius 2 is 1.44 bits per heavy atom. The fourth-order valence-corrected chi connectivity index (χ4v) is 3.42. The average molecular weight is 333 g/mol. The molecule has 0 saturated heterocycles. The fraction of sp³-hybridized carbons (Fsp3) is 0.333. The summed E-state index contributed by atoms with van der Waals surface area (Å²) in [6.07, 6.45) is 0. The van der Waals surface area contributed by atoms with E-state index in [1.165, 1.54) is 22.3 Å². The van der Waals surface area contributed by atoms with Crippen LogP contribution >= 0.6 is 0 Å². The predicted octanol–water partition coefficient (Wildman–Crippen LogP) is 4.94. The molecular weight excluding hydrogens is 310 g/mol. The van der Waals surface area contributed by atoms with Crippen molar-refractivity contribution in [2.24, 2.45) is 0 Å². The molecule has 25 heavy (non-hydrogen) atoms. The summed E-state index contributed by atoms with van der Waals surface area (Å²) >= 11 is 0. The van der Waals surface area contributed by atoms with Crippen molar-refractivity contribution in [1.29, 1.82) is 0 Å². The Bertz CT molecular complexity index is 837. The highest BCUT2D eigenvalue weighted by molar-refractivity contribution is 5.71. The Morgan fingerprint density at radius 1 is 0.880 bits per heavy atom. The number of nitrogens with zero attached hydrogens (tertiary/aromatic N) is 3. The first-order valence-electron chi connectivity index (χ1n) is 8.87. The molecule has 4 heteroatoms. The van der Waals surface area contributed by atoms with Gasteiger partial charge in [-0.2, -0.15) is 4.98 Å². The van der Waals surface area contributed by atoms with Gasteiger partial charge in [0.15, 0.2) is 5.82 Å². The Morgan fingerprint density at radius 3 is 1.96 bits per heavy atom. The smallest absolute Gasteiger partial charge is 0.243 e. The SMILES string of the molecule is CC(C)c1noc(C(C)N2Cc3ccccc3-c3ccccc3C2)n1. The molecule has 2 aromatic carbocycles. The standard InChI is InChI=1S/C21H23N3O/c1-14(2)20-22-21(25-23-20)15(3)24-12-16-8-4-6-10-18(16)19-11-7-5-9-17(19)13-24/h4-11,14-15H,12-13H2,1-3H3. The van der Waals surface area contributed by atoms with E-state index in [0.717, 1.165) is 18.9 Å². The molecule has 1 aromatic heterocycles. The third-order valence-corrected chi connectivity index (χ3v) is 4.95. The van der Waals surface area contributed by atoms with E-state index < -0.39 is 0 Å². The van der Waals surface area contributed by atoms with Gasteiger partial charge in [0, 0.05) is 19.0 Å². The van der Waals surface area contributed by atoms with Gasteiger partial charge in [0.05, 0.1) is 6.04 Å². The van der Waals surface area contributed by atoms with Crippen molar-refractivity contribution < 1.29 is 4.52 Å². The van der Waals surface area contributed by atoms with Crippen LogP contribution in [0.4, 0.5) is 0 Å². The molecule has 0 aliphatic carbocycles. The minimum Gasteiger partial charge on any atom is -0.338 e. The van der Waals surface area contributed by atoms with Gasteiger partial charge in [0.2, 0.25) is 5.89 Å². The number of rotatable bonds is 3. The molecule has 0 bridgehead atoms. The quantitative estimate of drug-likeness (QED) is 0.681. The first-order chi connectivity index (χ1) is 12.1. The molecule has 2 heterocycles. The van der Waals surface area contributed by atoms with Crippen LogP contribution in [0.2, 0.25) is 0 Å². The summed E-state index contributed by atoms with van der Waals surface area (Å²) in [4.78, 5) is 7.01. The van der Waals surface area contributed by atoms with Gasteiger partial charge in [-0.15, -0.1) is 0 Å². The van der Waals surface area contributed by atoms with Gasteiger partial charge >= 0.3 is 0 Å². The van der Waals surface area contributed by atoms with Crippen LogP contribution in [0, 0.1) is 0 Å². The van der Waals surface area contributed by atoms with Gasteiger partial charge in [0.25, 0.3) is 0 Å². The van der Waals surface area contributed by atoms with Gasteiger partial charge < -0.3 is 4.52 Å². The van der Waals surface area contributed by atoms with Crippen molar-refractivity contribution in [3.05, 3.63) is 71.4 Å². The lowest BCUT2D eigenvalue weighted by atomic mass is 9.97. The monoisotopic (exact) mass is 333 g/mol. The van der Waals surface area contributed by atoms with Crippen molar-refractivity contribution in [2.75, 3.05) is 0 Å². The third-order valence-electron chi connectivity index (χ3n) is 4.95. The van der Waals surface area contributed by atoms with E-state index in [0.29, 0.717) is 5.89 Å². The number of hydrogen-bond acceptors (Lipinski definition) is 4. The Labute approximate surface area is 148 Å². The summed E-state index contributed by atoms with van der Waals surface area (Å²) in [6, 6.07) is 17.4. The van der Waals surface area contributed by atoms with Gasteiger partial charge in [0.1, 0.15) is 0 Å². The Kier molecular flexibility index (Phi) is 4.14. The molecule has 0 N–H and O–H groups in total. The van der Waals surface area contributed by atoms with E-state index in [4.69, 9.17) is 4.52 Å². The molecule has 1 unspecified atom stereocenters. The van der Waals surface area contributed by atoms with Crippen molar-refractivity contribution in [3.63, 3.8) is 0 Å². The largest absolute Gasteiger partial charge is 0.338 e. The van der Waals surface area contributed by atoms with Crippen LogP contribution in [0.5, 0.6) is 0 Å². The van der Waals surface area contributed by atoms with E-state index in [1.807, 2.05) is 0 Å². The zero-order chi connectivity index (χ0) is 17.4. The van der Waals surface area contributed by atoms with E-state index >= 15 is 0 Å². The molecule has 4 nitrogen and oxygen atoms in total. The molecule has 0 radical (unpaired) electrons. The van der Waals surface area contributed by atoms with Crippen LogP contribution in [-0.4, -0.2) is 15.0 Å². The molecule has 0 spiro atoms. The molecular formula is C21H23N3O. The minimum atomic E-state index is 0.0687. The Balaban J connectivity index is 1.72. The van der Waals surface area contributed by atoms with Crippen LogP contribution in [-0.2, 0) is 13.1 Å². The summed E-state index contributed by atoms with van der Waals surface area (Å²) in [5.41, 5.74) is 5.31. The van der Waals surface area contributed by atoms with E-state index in [2.05, 4.69) is 84.3 Å². The second-order valence-corrected chi connectivity index (χ2v) is 7.04. The van der Waals surface area contributed by atoms with Gasteiger partial charge in [-0.1, -0.05) is 67.5 Å². The normalized spacial score (nSPS) is 15.5. The lowest BCUT2D eigenvalue weighted by molar-refractivity contribution is 0.158. The van der Waals surface area contributed by atoms with E-state index in [1.54, 1.807) is 0 Å². The maximum atomic E-state index is 5.55. The van der Waals surface area contributed by atoms with E-state index in [-0.39, 0.29) is 12.0 Å². The van der Waals surface area contributed by atoms with Crippen molar-refractivity contribution in [1.82, 2.24) is 15.0 Å². The van der Waals surface area contributed by atoms with E-state index in [9.17, 15) is 0 Å². The molecule has 0 fully saturated rings. The van der Waals surface area contributed by atoms with Crippen LogP contribution in [0.15, 0.2) is 53.1 Å². The zero-order valence-corrected chi connectivity index (χ0v) is 14.9. The fourth-order valence-electron chi connectivity index (χ4n) is 3.42. The Hall–Kier alpha value is -2.46.